The molecule has 0 amide bonds. The van der Waals surface area contributed by atoms with E-state index >= 15 is 0 Å². The molecule has 2 aliphatic rings. The van der Waals surface area contributed by atoms with E-state index in [9.17, 15) is 4.79 Å². The Hall–Kier alpha value is -1.10. The molecule has 0 unspecified atom stereocenters. The second kappa shape index (κ2) is 9.20. The number of piperidine rings is 1. The van der Waals surface area contributed by atoms with Crippen LogP contribution in [-0.4, -0.2) is 31.2 Å². The average Bonchev–Trinajstić information content (AvgIpc) is 2.68. The van der Waals surface area contributed by atoms with Gasteiger partial charge in [-0.2, -0.15) is 0 Å². The first kappa shape index (κ1) is 19.7. The number of hydrogen-bond acceptors (Lipinski definition) is 4. The lowest BCUT2D eigenvalue weighted by Gasteiger charge is -2.36. The number of halogens is 1. The number of hydrogen-bond donors (Lipinski definition) is 0. The molecule has 26 heavy (non-hydrogen) atoms. The summed E-state index contributed by atoms with van der Waals surface area (Å²) in [5.74, 6) is 3.05. The summed E-state index contributed by atoms with van der Waals surface area (Å²) in [6.45, 7) is 4.41. The maximum absolute atomic E-state index is 12.1. The second-order valence-corrected chi connectivity index (χ2v) is 8.97. The van der Waals surface area contributed by atoms with Crippen molar-refractivity contribution in [3.05, 3.63) is 22.3 Å². The van der Waals surface area contributed by atoms with Crippen molar-refractivity contribution < 1.29 is 9.53 Å². The van der Waals surface area contributed by atoms with Gasteiger partial charge in [0.05, 0.1) is 7.11 Å². The normalized spacial score (nSPS) is 20.8. The zero-order valence-corrected chi connectivity index (χ0v) is 17.6. The molecule has 1 saturated carbocycles. The van der Waals surface area contributed by atoms with Crippen LogP contribution in [0.25, 0.3) is 0 Å². The number of aromatic nitrogens is 1. The van der Waals surface area contributed by atoms with Crippen LogP contribution in [0.3, 0.4) is 0 Å². The Kier molecular flexibility index (Phi) is 6.96. The number of nitrogens with zero attached hydrogens (tertiary/aromatic N) is 2. The van der Waals surface area contributed by atoms with Gasteiger partial charge in [-0.25, -0.2) is 9.78 Å². The fourth-order valence-corrected chi connectivity index (χ4v) is 5.08. The molecule has 1 aliphatic carbocycles. The van der Waals surface area contributed by atoms with E-state index in [1.807, 2.05) is 6.07 Å². The Morgan fingerprint density at radius 1 is 1.27 bits per heavy atom. The average molecular weight is 423 g/mol. The molecule has 2 fully saturated rings. The molecule has 0 spiro atoms. The molecule has 1 aliphatic heterocycles. The highest BCUT2D eigenvalue weighted by atomic mass is 79.9. The van der Waals surface area contributed by atoms with Crippen molar-refractivity contribution in [2.75, 3.05) is 25.1 Å². The third-order valence-corrected chi connectivity index (χ3v) is 6.75. The fourth-order valence-electron chi connectivity index (χ4n) is 4.75. The summed E-state index contributed by atoms with van der Waals surface area (Å²) >= 11 is 3.40. The molecular formula is C21H31BrN2O2. The van der Waals surface area contributed by atoms with E-state index in [0.29, 0.717) is 5.56 Å². The maximum atomic E-state index is 12.1. The van der Waals surface area contributed by atoms with E-state index in [1.165, 1.54) is 58.5 Å². The standard InChI is InChI=1S/C21H31BrN2O2/c1-15(17-6-4-3-5-7-17)12-16-8-10-24(11-9-16)20-19(21(25)26-2)13-18(22)14-23-20/h13-17H,3-12H2,1-2H3/t15-/m0/s1. The smallest absolute Gasteiger partial charge is 0.341 e. The molecular weight excluding hydrogens is 392 g/mol. The van der Waals surface area contributed by atoms with Crippen LogP contribution in [0.5, 0.6) is 0 Å². The zero-order valence-electron chi connectivity index (χ0n) is 16.0. The van der Waals surface area contributed by atoms with Crippen LogP contribution in [0.4, 0.5) is 5.82 Å². The summed E-state index contributed by atoms with van der Waals surface area (Å²) in [6, 6.07) is 1.81. The van der Waals surface area contributed by atoms with Crippen molar-refractivity contribution in [1.82, 2.24) is 4.98 Å². The number of methoxy groups -OCH3 is 1. The van der Waals surface area contributed by atoms with E-state index in [0.717, 1.165) is 41.1 Å². The number of pyridine rings is 1. The van der Waals surface area contributed by atoms with E-state index in [2.05, 4.69) is 32.7 Å². The molecule has 0 radical (unpaired) electrons. The van der Waals surface area contributed by atoms with Crippen molar-refractivity contribution in [2.45, 2.75) is 58.3 Å². The summed E-state index contributed by atoms with van der Waals surface area (Å²) in [4.78, 5) is 18.9. The minimum absolute atomic E-state index is 0.318. The monoisotopic (exact) mass is 422 g/mol. The van der Waals surface area contributed by atoms with Gasteiger partial charge < -0.3 is 9.64 Å². The molecule has 0 aromatic carbocycles. The van der Waals surface area contributed by atoms with Crippen molar-refractivity contribution in [1.29, 1.82) is 0 Å². The largest absolute Gasteiger partial charge is 0.465 e. The van der Waals surface area contributed by atoms with Gasteiger partial charge in [0.1, 0.15) is 11.4 Å². The molecule has 4 nitrogen and oxygen atoms in total. The van der Waals surface area contributed by atoms with Crippen molar-refractivity contribution in [2.24, 2.45) is 17.8 Å². The molecule has 0 bridgehead atoms. The summed E-state index contributed by atoms with van der Waals surface area (Å²) in [5, 5.41) is 0. The van der Waals surface area contributed by atoms with Gasteiger partial charge in [-0.3, -0.25) is 0 Å². The van der Waals surface area contributed by atoms with Crippen LogP contribution in [0, 0.1) is 17.8 Å². The molecule has 5 heteroatoms. The number of carbonyl (C=O) groups excluding carboxylic acids is 1. The number of carbonyl (C=O) groups is 1. The van der Waals surface area contributed by atoms with Crippen LogP contribution >= 0.6 is 15.9 Å². The van der Waals surface area contributed by atoms with E-state index in [1.54, 1.807) is 6.20 Å². The Balaban J connectivity index is 1.57. The second-order valence-electron chi connectivity index (χ2n) is 8.06. The number of ether oxygens (including phenoxy) is 1. The lowest BCUT2D eigenvalue weighted by molar-refractivity contribution is 0.0601. The van der Waals surface area contributed by atoms with E-state index in [-0.39, 0.29) is 5.97 Å². The third-order valence-electron chi connectivity index (χ3n) is 6.31. The molecule has 0 N–H and O–H groups in total. The summed E-state index contributed by atoms with van der Waals surface area (Å²) < 4.78 is 5.74. The van der Waals surface area contributed by atoms with Crippen LogP contribution in [-0.2, 0) is 4.74 Å². The van der Waals surface area contributed by atoms with Crippen LogP contribution in [0.2, 0.25) is 0 Å². The van der Waals surface area contributed by atoms with Crippen molar-refractivity contribution in [3.8, 4) is 0 Å². The summed E-state index contributed by atoms with van der Waals surface area (Å²) in [6.07, 6.45) is 12.7. The van der Waals surface area contributed by atoms with Gasteiger partial charge in [-0.15, -0.1) is 0 Å². The minimum atomic E-state index is -0.318. The van der Waals surface area contributed by atoms with Crippen LogP contribution < -0.4 is 4.90 Å². The third kappa shape index (κ3) is 4.79. The molecule has 1 atom stereocenters. The van der Waals surface area contributed by atoms with Gasteiger partial charge >= 0.3 is 5.97 Å². The quantitative estimate of drug-likeness (QED) is 0.591. The van der Waals surface area contributed by atoms with Gasteiger partial charge in [0, 0.05) is 23.8 Å². The predicted molar refractivity (Wildman–Crippen MR) is 109 cm³/mol. The number of rotatable bonds is 5. The van der Waals surface area contributed by atoms with Gasteiger partial charge in [0.2, 0.25) is 0 Å². The summed E-state index contributed by atoms with van der Waals surface area (Å²) in [7, 11) is 1.42. The van der Waals surface area contributed by atoms with Crippen molar-refractivity contribution >= 4 is 27.7 Å². The van der Waals surface area contributed by atoms with E-state index in [4.69, 9.17) is 4.74 Å². The van der Waals surface area contributed by atoms with Crippen LogP contribution in [0.15, 0.2) is 16.7 Å². The molecule has 1 aromatic heterocycles. The molecule has 1 saturated heterocycles. The van der Waals surface area contributed by atoms with E-state index < -0.39 is 0 Å². The zero-order chi connectivity index (χ0) is 18.5. The minimum Gasteiger partial charge on any atom is -0.465 e. The number of esters is 1. The maximum Gasteiger partial charge on any atom is 0.341 e. The van der Waals surface area contributed by atoms with Gasteiger partial charge in [-0.05, 0) is 59.0 Å². The summed E-state index contributed by atoms with van der Waals surface area (Å²) in [5.41, 5.74) is 0.552. The molecule has 2 heterocycles. The molecule has 144 valence electrons. The molecule has 3 rings (SSSR count). The Morgan fingerprint density at radius 3 is 2.62 bits per heavy atom. The first-order valence-electron chi connectivity index (χ1n) is 10.1. The first-order chi connectivity index (χ1) is 12.6. The van der Waals surface area contributed by atoms with Gasteiger partial charge in [0.15, 0.2) is 0 Å². The lowest BCUT2D eigenvalue weighted by Crippen LogP contribution is -2.36. The number of anilines is 1. The highest BCUT2D eigenvalue weighted by Gasteiger charge is 2.28. The molecule has 1 aromatic rings. The SMILES string of the molecule is COC(=O)c1cc(Br)cnc1N1CCC(C[C@H](C)C2CCCCC2)CC1. The van der Waals surface area contributed by atoms with Gasteiger partial charge in [-0.1, -0.05) is 39.0 Å². The Morgan fingerprint density at radius 2 is 1.96 bits per heavy atom. The van der Waals surface area contributed by atoms with Crippen molar-refractivity contribution in [3.63, 3.8) is 0 Å². The Bertz CT molecular complexity index is 608. The topological polar surface area (TPSA) is 42.4 Å². The Labute approximate surface area is 165 Å². The van der Waals surface area contributed by atoms with Gasteiger partial charge in [0.25, 0.3) is 0 Å². The van der Waals surface area contributed by atoms with Crippen LogP contribution in [0.1, 0.15) is 68.6 Å². The predicted octanol–water partition coefficient (Wildman–Crippen LogP) is 5.45. The highest BCUT2D eigenvalue weighted by molar-refractivity contribution is 9.10. The highest BCUT2D eigenvalue weighted by Crippen LogP contribution is 2.36. The lowest BCUT2D eigenvalue weighted by atomic mass is 9.75. The first-order valence-corrected chi connectivity index (χ1v) is 10.9. The fraction of sp³-hybridized carbons (Fsp3) is 0.714.